The molecule has 0 saturated heterocycles. The summed E-state index contributed by atoms with van der Waals surface area (Å²) in [6, 6.07) is 0. The van der Waals surface area contributed by atoms with Crippen molar-refractivity contribution in [2.24, 2.45) is 5.41 Å². The predicted molar refractivity (Wildman–Crippen MR) is 42.3 cm³/mol. The largest absolute Gasteiger partial charge is 0.481 e. The molecule has 0 radical (unpaired) electrons. The molecule has 0 aliphatic heterocycles. The molecule has 0 aromatic carbocycles. The molecule has 11 heavy (non-hydrogen) atoms. The Morgan fingerprint density at radius 2 is 2.09 bits per heavy atom. The van der Waals surface area contributed by atoms with Gasteiger partial charge in [0.1, 0.15) is 0 Å². The highest BCUT2D eigenvalue weighted by Crippen LogP contribution is 2.21. The summed E-state index contributed by atoms with van der Waals surface area (Å²) < 4.78 is 0. The Bertz CT molecular complexity index is 159. The van der Waals surface area contributed by atoms with Crippen molar-refractivity contribution in [3.05, 3.63) is 12.2 Å². The van der Waals surface area contributed by atoms with Gasteiger partial charge in [-0.15, -0.1) is 0 Å². The smallest absolute Gasteiger partial charge is 0.304 e. The molecule has 0 rings (SSSR count). The highest BCUT2D eigenvalue weighted by molar-refractivity contribution is 5.67. The van der Waals surface area contributed by atoms with Crippen molar-refractivity contribution >= 4 is 5.97 Å². The number of aliphatic carboxylic acids is 1. The predicted octanol–water partition coefficient (Wildman–Crippen LogP) is 1.04. The van der Waals surface area contributed by atoms with Crippen LogP contribution in [0.1, 0.15) is 20.3 Å². The molecule has 0 spiro atoms. The van der Waals surface area contributed by atoms with Gasteiger partial charge in [0.15, 0.2) is 0 Å². The first-order valence-corrected chi connectivity index (χ1v) is 3.48. The average molecular weight is 158 g/mol. The third-order valence-electron chi connectivity index (χ3n) is 1.28. The van der Waals surface area contributed by atoms with Gasteiger partial charge in [-0.25, -0.2) is 0 Å². The van der Waals surface area contributed by atoms with Gasteiger partial charge in [0, 0.05) is 0 Å². The topological polar surface area (TPSA) is 57.5 Å². The molecule has 3 heteroatoms. The van der Waals surface area contributed by atoms with E-state index in [2.05, 4.69) is 0 Å². The van der Waals surface area contributed by atoms with E-state index in [4.69, 9.17) is 10.2 Å². The van der Waals surface area contributed by atoms with Crippen molar-refractivity contribution in [3.8, 4) is 0 Å². The second-order valence-corrected chi connectivity index (χ2v) is 3.14. The van der Waals surface area contributed by atoms with Gasteiger partial charge in [0.25, 0.3) is 0 Å². The Morgan fingerprint density at radius 1 is 1.55 bits per heavy atom. The summed E-state index contributed by atoms with van der Waals surface area (Å²) in [5, 5.41) is 16.9. The van der Waals surface area contributed by atoms with E-state index in [1.54, 1.807) is 12.2 Å². The Kier molecular flexibility index (Phi) is 3.82. The van der Waals surface area contributed by atoms with E-state index in [1.165, 1.54) is 0 Å². The van der Waals surface area contributed by atoms with Crippen LogP contribution in [0.2, 0.25) is 0 Å². The standard InChI is InChI=1S/C8H14O3/c1-8(2,4-3-5-9)6-7(10)11/h3-4,9H,5-6H2,1-2H3,(H,10,11)/b4-3-. The van der Waals surface area contributed by atoms with Gasteiger partial charge in [0.05, 0.1) is 13.0 Å². The SMILES string of the molecule is CC(C)(/C=C\CO)CC(=O)O. The molecule has 64 valence electrons. The lowest BCUT2D eigenvalue weighted by Gasteiger charge is -2.16. The lowest BCUT2D eigenvalue weighted by molar-refractivity contribution is -0.138. The van der Waals surface area contributed by atoms with Crippen molar-refractivity contribution in [2.45, 2.75) is 20.3 Å². The zero-order chi connectivity index (χ0) is 8.91. The van der Waals surface area contributed by atoms with Crippen LogP contribution in [0.4, 0.5) is 0 Å². The van der Waals surface area contributed by atoms with Gasteiger partial charge in [-0.05, 0) is 5.41 Å². The summed E-state index contributed by atoms with van der Waals surface area (Å²) in [6.07, 6.45) is 3.35. The molecule has 0 aliphatic carbocycles. The Balaban J connectivity index is 3.99. The fourth-order valence-electron chi connectivity index (χ4n) is 0.820. The molecular weight excluding hydrogens is 144 g/mol. The highest BCUT2D eigenvalue weighted by atomic mass is 16.4. The van der Waals surface area contributed by atoms with E-state index in [-0.39, 0.29) is 18.4 Å². The minimum Gasteiger partial charge on any atom is -0.481 e. The van der Waals surface area contributed by atoms with Crippen LogP contribution < -0.4 is 0 Å². The zero-order valence-electron chi connectivity index (χ0n) is 6.87. The van der Waals surface area contributed by atoms with Crippen LogP contribution in [0.15, 0.2) is 12.2 Å². The Hall–Kier alpha value is -0.830. The minimum absolute atomic E-state index is 0.0386. The van der Waals surface area contributed by atoms with Gasteiger partial charge in [-0.1, -0.05) is 26.0 Å². The molecule has 0 aliphatic rings. The second kappa shape index (κ2) is 4.13. The van der Waals surface area contributed by atoms with E-state index in [0.717, 1.165) is 0 Å². The summed E-state index contributed by atoms with van der Waals surface area (Å²) in [7, 11) is 0. The van der Waals surface area contributed by atoms with Crippen LogP contribution in [0.5, 0.6) is 0 Å². The van der Waals surface area contributed by atoms with Gasteiger partial charge in [0.2, 0.25) is 0 Å². The summed E-state index contributed by atoms with van der Waals surface area (Å²) in [5.74, 6) is -0.822. The quantitative estimate of drug-likeness (QED) is 0.601. The van der Waals surface area contributed by atoms with Gasteiger partial charge >= 0.3 is 5.97 Å². The summed E-state index contributed by atoms with van der Waals surface area (Å²) in [4.78, 5) is 10.3. The van der Waals surface area contributed by atoms with E-state index < -0.39 is 5.97 Å². The number of aliphatic hydroxyl groups is 1. The number of carboxylic acids is 1. The third-order valence-corrected chi connectivity index (χ3v) is 1.28. The van der Waals surface area contributed by atoms with Crippen molar-refractivity contribution in [1.82, 2.24) is 0 Å². The van der Waals surface area contributed by atoms with Gasteiger partial charge in [-0.2, -0.15) is 0 Å². The van der Waals surface area contributed by atoms with Gasteiger partial charge < -0.3 is 10.2 Å². The Morgan fingerprint density at radius 3 is 2.45 bits per heavy atom. The molecule has 0 unspecified atom stereocenters. The van der Waals surface area contributed by atoms with Gasteiger partial charge in [-0.3, -0.25) is 4.79 Å². The zero-order valence-corrected chi connectivity index (χ0v) is 6.87. The molecule has 3 nitrogen and oxygen atoms in total. The number of rotatable bonds is 4. The number of carbonyl (C=O) groups is 1. The fraction of sp³-hybridized carbons (Fsp3) is 0.625. The first-order chi connectivity index (χ1) is 4.98. The molecule has 0 heterocycles. The molecule has 0 aromatic rings. The summed E-state index contributed by atoms with van der Waals surface area (Å²) in [5.41, 5.74) is -0.367. The number of hydrogen-bond donors (Lipinski definition) is 2. The maximum absolute atomic E-state index is 10.3. The van der Waals surface area contributed by atoms with Crippen LogP contribution in [0, 0.1) is 5.41 Å². The molecule has 2 N–H and O–H groups in total. The maximum Gasteiger partial charge on any atom is 0.304 e. The number of hydrogen-bond acceptors (Lipinski definition) is 2. The first kappa shape index (κ1) is 10.2. The van der Waals surface area contributed by atoms with E-state index in [9.17, 15) is 4.79 Å². The van der Waals surface area contributed by atoms with Crippen molar-refractivity contribution in [2.75, 3.05) is 6.61 Å². The monoisotopic (exact) mass is 158 g/mol. The van der Waals surface area contributed by atoms with Crippen LogP contribution >= 0.6 is 0 Å². The van der Waals surface area contributed by atoms with E-state index in [1.807, 2.05) is 13.8 Å². The average Bonchev–Trinajstić information content (AvgIpc) is 1.81. The second-order valence-electron chi connectivity index (χ2n) is 3.14. The number of aliphatic hydroxyl groups excluding tert-OH is 1. The third kappa shape index (κ3) is 5.61. The van der Waals surface area contributed by atoms with E-state index >= 15 is 0 Å². The fourth-order valence-corrected chi connectivity index (χ4v) is 0.820. The number of carboxylic acid groups (broad SMARTS) is 1. The molecule has 0 amide bonds. The minimum atomic E-state index is -0.822. The highest BCUT2D eigenvalue weighted by Gasteiger charge is 2.17. The van der Waals surface area contributed by atoms with E-state index in [0.29, 0.717) is 0 Å². The molecule has 0 fully saturated rings. The molecule has 0 bridgehead atoms. The lowest BCUT2D eigenvalue weighted by atomic mass is 9.89. The van der Waals surface area contributed by atoms with Crippen LogP contribution in [0.3, 0.4) is 0 Å². The normalized spacial score (nSPS) is 12.3. The van der Waals surface area contributed by atoms with Crippen LogP contribution in [-0.4, -0.2) is 22.8 Å². The van der Waals surface area contributed by atoms with Crippen LogP contribution in [0.25, 0.3) is 0 Å². The van der Waals surface area contributed by atoms with Crippen molar-refractivity contribution < 1.29 is 15.0 Å². The molecule has 0 saturated carbocycles. The first-order valence-electron chi connectivity index (χ1n) is 3.48. The number of allylic oxidation sites excluding steroid dienone is 1. The molecular formula is C8H14O3. The maximum atomic E-state index is 10.3. The van der Waals surface area contributed by atoms with Crippen molar-refractivity contribution in [3.63, 3.8) is 0 Å². The Labute approximate surface area is 66.4 Å². The molecule has 0 atom stereocenters. The van der Waals surface area contributed by atoms with Crippen molar-refractivity contribution in [1.29, 1.82) is 0 Å². The van der Waals surface area contributed by atoms with Crippen LogP contribution in [-0.2, 0) is 4.79 Å². The lowest BCUT2D eigenvalue weighted by Crippen LogP contribution is -2.13. The molecule has 0 aromatic heterocycles. The summed E-state index contributed by atoms with van der Waals surface area (Å²) >= 11 is 0. The summed E-state index contributed by atoms with van der Waals surface area (Å²) in [6.45, 7) is 3.59.